The number of nitrogens with one attached hydrogen (secondary N) is 1. The van der Waals surface area contributed by atoms with Gasteiger partial charge in [0.1, 0.15) is 0 Å². The predicted molar refractivity (Wildman–Crippen MR) is 114 cm³/mol. The van der Waals surface area contributed by atoms with E-state index in [2.05, 4.69) is 58.0 Å². The molecule has 4 heteroatoms. The largest absolute Gasteiger partial charge is 0.358 e. The van der Waals surface area contributed by atoms with E-state index in [9.17, 15) is 0 Å². The third kappa shape index (κ3) is 3.08. The fourth-order valence-electron chi connectivity index (χ4n) is 5.30. The summed E-state index contributed by atoms with van der Waals surface area (Å²) in [6.45, 7) is 7.13. The zero-order valence-corrected chi connectivity index (χ0v) is 18.0. The van der Waals surface area contributed by atoms with Crippen molar-refractivity contribution in [3.05, 3.63) is 33.4 Å². The minimum Gasteiger partial charge on any atom is -0.358 e. The van der Waals surface area contributed by atoms with E-state index in [1.54, 1.807) is 16.5 Å². The molecule has 25 heavy (non-hydrogen) atoms. The van der Waals surface area contributed by atoms with Gasteiger partial charge in [0.25, 0.3) is 0 Å². The maximum atomic E-state index is 3.77. The molecule has 1 fully saturated rings. The molecule has 2 aromatic rings. The number of likely N-dealkylation sites (tertiary alicyclic amines) is 1. The van der Waals surface area contributed by atoms with Crippen LogP contribution < -0.4 is 0 Å². The van der Waals surface area contributed by atoms with Gasteiger partial charge in [-0.25, -0.2) is 0 Å². The van der Waals surface area contributed by atoms with Crippen LogP contribution in [0.3, 0.4) is 0 Å². The average Bonchev–Trinajstić information content (AvgIpc) is 2.94. The highest BCUT2D eigenvalue weighted by Crippen LogP contribution is 2.47. The van der Waals surface area contributed by atoms with Gasteiger partial charge in [-0.3, -0.25) is 4.90 Å². The van der Waals surface area contributed by atoms with Gasteiger partial charge in [0, 0.05) is 39.6 Å². The summed E-state index contributed by atoms with van der Waals surface area (Å²) in [5.74, 6) is 2.80. The average molecular weight is 421 g/mol. The number of halogens is 1. The predicted octanol–water partition coefficient (Wildman–Crippen LogP) is 5.60. The van der Waals surface area contributed by atoms with Crippen molar-refractivity contribution in [3.8, 4) is 0 Å². The number of piperidine rings is 1. The van der Waals surface area contributed by atoms with E-state index >= 15 is 0 Å². The monoisotopic (exact) mass is 420 g/mol. The number of aromatic nitrogens is 1. The Bertz CT molecular complexity index is 769. The minimum atomic E-state index is 0.684. The van der Waals surface area contributed by atoms with Crippen LogP contribution >= 0.6 is 27.7 Å². The molecule has 0 radical (unpaired) electrons. The van der Waals surface area contributed by atoms with Gasteiger partial charge in [0.15, 0.2) is 0 Å². The van der Waals surface area contributed by atoms with Crippen LogP contribution in [0.2, 0.25) is 0 Å². The molecule has 3 atom stereocenters. The summed E-state index contributed by atoms with van der Waals surface area (Å²) in [7, 11) is 0. The number of hydrogen-bond acceptors (Lipinski definition) is 2. The molecule has 1 aliphatic heterocycles. The number of H-pyrrole nitrogens is 1. The number of rotatable bonds is 5. The van der Waals surface area contributed by atoms with Crippen LogP contribution in [0.1, 0.15) is 49.4 Å². The second-order valence-corrected chi connectivity index (χ2v) is 9.61. The van der Waals surface area contributed by atoms with Gasteiger partial charge in [-0.05, 0) is 73.4 Å². The highest BCUT2D eigenvalue weighted by atomic mass is 79.9. The van der Waals surface area contributed by atoms with Gasteiger partial charge in [0.05, 0.1) is 0 Å². The zero-order chi connectivity index (χ0) is 17.6. The number of benzene rings is 1. The third-order valence-electron chi connectivity index (χ3n) is 6.18. The van der Waals surface area contributed by atoms with Crippen molar-refractivity contribution in [1.29, 1.82) is 0 Å². The first kappa shape index (κ1) is 17.9. The van der Waals surface area contributed by atoms with Crippen molar-refractivity contribution in [2.75, 3.05) is 25.1 Å². The second-order valence-electron chi connectivity index (χ2n) is 7.78. The molecule has 0 saturated carbocycles. The molecule has 1 aliphatic carbocycles. The number of aromatic amines is 1. The molecule has 2 aliphatic rings. The highest BCUT2D eigenvalue weighted by Gasteiger charge is 2.41. The van der Waals surface area contributed by atoms with Crippen LogP contribution in [0.25, 0.3) is 10.9 Å². The molecule has 0 bridgehead atoms. The van der Waals surface area contributed by atoms with Crippen molar-refractivity contribution >= 4 is 38.6 Å². The van der Waals surface area contributed by atoms with Crippen LogP contribution in [0, 0.1) is 5.92 Å². The molecular formula is C21H29BrN2S. The Morgan fingerprint density at radius 2 is 2.16 bits per heavy atom. The molecule has 1 saturated heterocycles. The first-order valence-electron chi connectivity index (χ1n) is 9.72. The molecule has 136 valence electrons. The first-order chi connectivity index (χ1) is 12.2. The molecule has 1 aromatic carbocycles. The molecular weight excluding hydrogens is 392 g/mol. The number of nitrogens with zero attached hydrogens (tertiary/aromatic N) is 1. The number of thioether (sulfide) groups is 1. The zero-order valence-electron chi connectivity index (χ0n) is 15.6. The summed E-state index contributed by atoms with van der Waals surface area (Å²) in [6.07, 6.45) is 7.19. The van der Waals surface area contributed by atoms with Crippen LogP contribution in [-0.2, 0) is 12.8 Å². The Morgan fingerprint density at radius 3 is 2.88 bits per heavy atom. The lowest BCUT2D eigenvalue weighted by molar-refractivity contribution is 0.0925. The summed E-state index contributed by atoms with van der Waals surface area (Å²) in [6, 6.07) is 5.37. The fraction of sp³-hybridized carbons (Fsp3) is 0.619. The van der Waals surface area contributed by atoms with E-state index in [1.165, 1.54) is 53.8 Å². The van der Waals surface area contributed by atoms with Crippen LogP contribution in [0.5, 0.6) is 0 Å². The van der Waals surface area contributed by atoms with Gasteiger partial charge in [-0.15, -0.1) is 0 Å². The van der Waals surface area contributed by atoms with Crippen molar-refractivity contribution in [2.24, 2.45) is 5.92 Å². The van der Waals surface area contributed by atoms with E-state index in [-0.39, 0.29) is 0 Å². The molecule has 0 amide bonds. The Balaban J connectivity index is 1.83. The SMILES string of the molecule is CCCN1C[C@H](CSC)C[C@@H]2c3cc(Br)cc4[nH]c(CC)c(c34)C[C@H]21. The maximum absolute atomic E-state index is 3.77. The van der Waals surface area contributed by atoms with Crippen molar-refractivity contribution in [3.63, 3.8) is 0 Å². The summed E-state index contributed by atoms with van der Waals surface area (Å²) >= 11 is 5.79. The first-order valence-corrected chi connectivity index (χ1v) is 11.9. The molecule has 2 heterocycles. The van der Waals surface area contributed by atoms with Gasteiger partial charge in [-0.2, -0.15) is 11.8 Å². The number of aryl methyl sites for hydroxylation is 1. The summed E-state index contributed by atoms with van der Waals surface area (Å²) < 4.78 is 1.22. The molecule has 1 N–H and O–H groups in total. The van der Waals surface area contributed by atoms with Gasteiger partial charge in [0.2, 0.25) is 0 Å². The van der Waals surface area contributed by atoms with Crippen molar-refractivity contribution in [1.82, 2.24) is 9.88 Å². The van der Waals surface area contributed by atoms with E-state index in [4.69, 9.17) is 0 Å². The summed E-state index contributed by atoms with van der Waals surface area (Å²) in [5, 5.41) is 1.54. The topological polar surface area (TPSA) is 19.0 Å². The van der Waals surface area contributed by atoms with Crippen molar-refractivity contribution < 1.29 is 0 Å². The number of hydrogen-bond donors (Lipinski definition) is 1. The van der Waals surface area contributed by atoms with E-state index in [0.29, 0.717) is 12.0 Å². The smallest absolute Gasteiger partial charge is 0.0473 e. The lowest BCUT2D eigenvalue weighted by Crippen LogP contribution is -2.50. The summed E-state index contributed by atoms with van der Waals surface area (Å²) in [5.41, 5.74) is 5.99. The van der Waals surface area contributed by atoms with Crippen LogP contribution in [-0.4, -0.2) is 41.0 Å². The van der Waals surface area contributed by atoms with E-state index < -0.39 is 0 Å². The van der Waals surface area contributed by atoms with Crippen LogP contribution in [0.15, 0.2) is 16.6 Å². The quantitative estimate of drug-likeness (QED) is 0.678. The van der Waals surface area contributed by atoms with Gasteiger partial charge < -0.3 is 4.98 Å². The lowest BCUT2D eigenvalue weighted by atomic mass is 9.72. The van der Waals surface area contributed by atoms with E-state index in [1.807, 2.05) is 11.8 Å². The van der Waals surface area contributed by atoms with E-state index in [0.717, 1.165) is 12.3 Å². The molecule has 1 aromatic heterocycles. The normalized spacial score (nSPS) is 26.2. The Labute approximate surface area is 164 Å². The van der Waals surface area contributed by atoms with Gasteiger partial charge >= 0.3 is 0 Å². The minimum absolute atomic E-state index is 0.684. The molecule has 4 rings (SSSR count). The highest BCUT2D eigenvalue weighted by molar-refractivity contribution is 9.10. The third-order valence-corrected chi connectivity index (χ3v) is 7.44. The second kappa shape index (κ2) is 7.28. The Hall–Kier alpha value is -0.450. The van der Waals surface area contributed by atoms with Crippen LogP contribution in [0.4, 0.5) is 0 Å². The molecule has 2 nitrogen and oxygen atoms in total. The molecule has 0 unspecified atom stereocenters. The standard InChI is InChI=1S/C21H29BrN2S/c1-4-6-24-11-13(12-25-3)7-15-16-8-14(22)9-19-21(16)17(10-20(15)24)18(5-2)23-19/h8-9,13,15,20,23H,4-7,10-12H2,1-3H3/t13-,15-,20-/m1/s1. The maximum Gasteiger partial charge on any atom is 0.0473 e. The summed E-state index contributed by atoms with van der Waals surface area (Å²) in [4.78, 5) is 6.54. The van der Waals surface area contributed by atoms with Crippen molar-refractivity contribution in [2.45, 2.75) is 51.5 Å². The fourth-order valence-corrected chi connectivity index (χ4v) is 6.49. The Kier molecular flexibility index (Phi) is 5.23. The lowest BCUT2D eigenvalue weighted by Gasteiger charge is -2.47. The Morgan fingerprint density at radius 1 is 1.32 bits per heavy atom. The molecule has 0 spiro atoms. The number of fused-ring (bicyclic) bond motifs is 2. The van der Waals surface area contributed by atoms with Gasteiger partial charge in [-0.1, -0.05) is 29.8 Å².